The molecule has 1 amide bonds. The zero-order valence-electron chi connectivity index (χ0n) is 9.79. The van der Waals surface area contributed by atoms with Crippen LogP contribution in [0.2, 0.25) is 0 Å². The number of nitrogens with zero attached hydrogens (tertiary/aromatic N) is 2. The lowest BCUT2D eigenvalue weighted by Crippen LogP contribution is -2.27. The number of anilines is 1. The highest BCUT2D eigenvalue weighted by Gasteiger charge is 2.18. The molecular formula is C11H18N4O. The molecule has 1 unspecified atom stereocenters. The Morgan fingerprint density at radius 1 is 1.75 bits per heavy atom. The van der Waals surface area contributed by atoms with Crippen LogP contribution in [0.1, 0.15) is 25.0 Å². The van der Waals surface area contributed by atoms with Gasteiger partial charge in [-0.2, -0.15) is 5.10 Å². The largest absolute Gasteiger partial charge is 0.313 e. The predicted molar refractivity (Wildman–Crippen MR) is 62.2 cm³/mol. The Labute approximate surface area is 95.2 Å². The molecule has 1 saturated heterocycles. The van der Waals surface area contributed by atoms with Gasteiger partial charge in [0.2, 0.25) is 5.91 Å². The monoisotopic (exact) mass is 222 g/mol. The topological polar surface area (TPSA) is 59.0 Å². The lowest BCUT2D eigenvalue weighted by Gasteiger charge is -2.10. The van der Waals surface area contributed by atoms with Gasteiger partial charge in [0.15, 0.2) is 0 Å². The number of carbonyl (C=O) groups is 1. The van der Waals surface area contributed by atoms with Gasteiger partial charge < -0.3 is 10.6 Å². The van der Waals surface area contributed by atoms with Gasteiger partial charge in [0.1, 0.15) is 5.82 Å². The van der Waals surface area contributed by atoms with E-state index < -0.39 is 0 Å². The van der Waals surface area contributed by atoms with Crippen LogP contribution in [0.3, 0.4) is 0 Å². The maximum atomic E-state index is 11.7. The number of carbonyl (C=O) groups excluding carboxylic acids is 1. The van der Waals surface area contributed by atoms with Crippen LogP contribution >= 0.6 is 0 Å². The molecule has 88 valence electrons. The number of nitrogens with one attached hydrogen (secondary N) is 2. The molecule has 2 N–H and O–H groups in total. The molecule has 1 fully saturated rings. The average Bonchev–Trinajstić information content (AvgIpc) is 2.78. The maximum absolute atomic E-state index is 11.7. The van der Waals surface area contributed by atoms with E-state index in [0.29, 0.717) is 12.5 Å². The van der Waals surface area contributed by atoms with E-state index in [1.54, 1.807) is 4.68 Å². The zero-order valence-corrected chi connectivity index (χ0v) is 9.79. The number of aryl methyl sites for hydroxylation is 2. The molecule has 0 spiro atoms. The highest BCUT2D eigenvalue weighted by Crippen LogP contribution is 2.12. The van der Waals surface area contributed by atoms with E-state index in [2.05, 4.69) is 15.7 Å². The van der Waals surface area contributed by atoms with Crippen LogP contribution in [0, 0.1) is 6.92 Å². The molecule has 0 aromatic carbocycles. The van der Waals surface area contributed by atoms with Crippen LogP contribution in [0.25, 0.3) is 0 Å². The summed E-state index contributed by atoms with van der Waals surface area (Å²) < 4.78 is 1.69. The van der Waals surface area contributed by atoms with Crippen molar-refractivity contribution in [1.82, 2.24) is 15.1 Å². The number of rotatable bonds is 3. The van der Waals surface area contributed by atoms with Gasteiger partial charge in [-0.1, -0.05) is 0 Å². The Morgan fingerprint density at radius 3 is 3.12 bits per heavy atom. The van der Waals surface area contributed by atoms with Crippen molar-refractivity contribution < 1.29 is 4.79 Å². The fraction of sp³-hybridized carbons (Fsp3) is 0.636. The third-order valence-corrected chi connectivity index (χ3v) is 2.86. The first-order chi connectivity index (χ1) is 7.65. The van der Waals surface area contributed by atoms with Crippen molar-refractivity contribution in [2.24, 2.45) is 7.05 Å². The van der Waals surface area contributed by atoms with Crippen LogP contribution in [0.15, 0.2) is 6.07 Å². The molecule has 5 heteroatoms. The molecule has 1 aromatic rings. The molecule has 1 aliphatic heterocycles. The molecule has 1 aromatic heterocycles. The smallest absolute Gasteiger partial charge is 0.227 e. The normalized spacial score (nSPS) is 20.0. The summed E-state index contributed by atoms with van der Waals surface area (Å²) in [4.78, 5) is 11.7. The average molecular weight is 222 g/mol. The van der Waals surface area contributed by atoms with E-state index in [9.17, 15) is 4.79 Å². The first-order valence-electron chi connectivity index (χ1n) is 5.69. The molecule has 2 heterocycles. The van der Waals surface area contributed by atoms with Crippen molar-refractivity contribution in [3.05, 3.63) is 11.8 Å². The SMILES string of the molecule is Cc1cc(NC(=O)CC2CCCN2)n(C)n1. The Balaban J connectivity index is 1.89. The standard InChI is InChI=1S/C11H18N4O/c1-8-6-10(15(2)14-8)13-11(16)7-9-4-3-5-12-9/h6,9,12H,3-5,7H2,1-2H3,(H,13,16). The maximum Gasteiger partial charge on any atom is 0.227 e. The molecule has 0 aliphatic carbocycles. The molecule has 1 atom stereocenters. The molecule has 16 heavy (non-hydrogen) atoms. The van der Waals surface area contributed by atoms with Crippen LogP contribution in [-0.4, -0.2) is 28.3 Å². The molecule has 1 aliphatic rings. The number of hydrogen-bond donors (Lipinski definition) is 2. The van der Waals surface area contributed by atoms with E-state index in [1.807, 2.05) is 20.0 Å². The first kappa shape index (κ1) is 11.1. The van der Waals surface area contributed by atoms with E-state index in [4.69, 9.17) is 0 Å². The fourth-order valence-electron chi connectivity index (χ4n) is 2.08. The second-order valence-corrected chi connectivity index (χ2v) is 4.34. The Morgan fingerprint density at radius 2 is 2.56 bits per heavy atom. The number of aromatic nitrogens is 2. The van der Waals surface area contributed by atoms with E-state index in [0.717, 1.165) is 24.5 Å². The van der Waals surface area contributed by atoms with Gasteiger partial charge in [0.25, 0.3) is 0 Å². The van der Waals surface area contributed by atoms with Gasteiger partial charge in [-0.15, -0.1) is 0 Å². The van der Waals surface area contributed by atoms with Crippen molar-refractivity contribution in [1.29, 1.82) is 0 Å². The Kier molecular flexibility index (Phi) is 3.24. The van der Waals surface area contributed by atoms with Gasteiger partial charge in [0, 0.05) is 25.6 Å². The Hall–Kier alpha value is -1.36. The second kappa shape index (κ2) is 4.65. The summed E-state index contributed by atoms with van der Waals surface area (Å²) in [5.74, 6) is 0.822. The van der Waals surface area contributed by atoms with Gasteiger partial charge >= 0.3 is 0 Å². The first-order valence-corrected chi connectivity index (χ1v) is 5.69. The van der Waals surface area contributed by atoms with Crippen molar-refractivity contribution in [2.75, 3.05) is 11.9 Å². The molecule has 0 radical (unpaired) electrons. The summed E-state index contributed by atoms with van der Waals surface area (Å²) in [6.07, 6.45) is 2.81. The summed E-state index contributed by atoms with van der Waals surface area (Å²) in [5, 5.41) is 10.4. The number of hydrogen-bond acceptors (Lipinski definition) is 3. The highest BCUT2D eigenvalue weighted by molar-refractivity contribution is 5.90. The van der Waals surface area contributed by atoms with Crippen LogP contribution in [0.5, 0.6) is 0 Å². The van der Waals surface area contributed by atoms with E-state index in [-0.39, 0.29) is 5.91 Å². The van der Waals surface area contributed by atoms with Gasteiger partial charge in [-0.3, -0.25) is 9.48 Å². The molecule has 2 rings (SSSR count). The van der Waals surface area contributed by atoms with Crippen LogP contribution < -0.4 is 10.6 Å². The lowest BCUT2D eigenvalue weighted by molar-refractivity contribution is -0.116. The minimum atomic E-state index is 0.0578. The van der Waals surface area contributed by atoms with Gasteiger partial charge in [0.05, 0.1) is 5.69 Å². The van der Waals surface area contributed by atoms with Crippen molar-refractivity contribution in [3.63, 3.8) is 0 Å². The van der Waals surface area contributed by atoms with Crippen LogP contribution in [0.4, 0.5) is 5.82 Å². The third-order valence-electron chi connectivity index (χ3n) is 2.86. The summed E-state index contributed by atoms with van der Waals surface area (Å²) in [7, 11) is 1.83. The summed E-state index contributed by atoms with van der Waals surface area (Å²) in [6, 6.07) is 2.22. The molecule has 5 nitrogen and oxygen atoms in total. The minimum Gasteiger partial charge on any atom is -0.313 e. The fourth-order valence-corrected chi connectivity index (χ4v) is 2.08. The van der Waals surface area contributed by atoms with Crippen molar-refractivity contribution in [2.45, 2.75) is 32.2 Å². The van der Waals surface area contributed by atoms with Gasteiger partial charge in [-0.05, 0) is 26.3 Å². The highest BCUT2D eigenvalue weighted by atomic mass is 16.1. The minimum absolute atomic E-state index is 0.0578. The Bertz CT molecular complexity index is 379. The van der Waals surface area contributed by atoms with Crippen molar-refractivity contribution >= 4 is 11.7 Å². The zero-order chi connectivity index (χ0) is 11.5. The second-order valence-electron chi connectivity index (χ2n) is 4.34. The van der Waals surface area contributed by atoms with Crippen molar-refractivity contribution in [3.8, 4) is 0 Å². The third kappa shape index (κ3) is 2.61. The molecule has 0 saturated carbocycles. The summed E-state index contributed by atoms with van der Waals surface area (Å²) in [6.45, 7) is 2.94. The van der Waals surface area contributed by atoms with Crippen LogP contribution in [-0.2, 0) is 11.8 Å². The van der Waals surface area contributed by atoms with Gasteiger partial charge in [-0.25, -0.2) is 0 Å². The number of amides is 1. The quantitative estimate of drug-likeness (QED) is 0.795. The predicted octanol–water partition coefficient (Wildman–Crippen LogP) is 0.809. The van der Waals surface area contributed by atoms with E-state index >= 15 is 0 Å². The summed E-state index contributed by atoms with van der Waals surface area (Å²) in [5.41, 5.74) is 0.914. The molecular weight excluding hydrogens is 204 g/mol. The molecule has 0 bridgehead atoms. The lowest BCUT2D eigenvalue weighted by atomic mass is 10.1. The summed E-state index contributed by atoms with van der Waals surface area (Å²) >= 11 is 0. The van der Waals surface area contributed by atoms with E-state index in [1.165, 1.54) is 6.42 Å².